The Morgan fingerprint density at radius 2 is 2.00 bits per heavy atom. The fourth-order valence-electron chi connectivity index (χ4n) is 2.25. The molecular weight excluding hydrogens is 308 g/mol. The number of nitrogens with zero attached hydrogens (tertiary/aromatic N) is 1. The van der Waals surface area contributed by atoms with Crippen molar-refractivity contribution in [1.82, 2.24) is 10.3 Å². The van der Waals surface area contributed by atoms with Gasteiger partial charge in [-0.25, -0.2) is 13.4 Å². The zero-order valence-electron chi connectivity index (χ0n) is 12.8. The molecule has 2 heterocycles. The van der Waals surface area contributed by atoms with Crippen LogP contribution in [0.1, 0.15) is 43.5 Å². The summed E-state index contributed by atoms with van der Waals surface area (Å²) in [6.45, 7) is 7.48. The van der Waals surface area contributed by atoms with Gasteiger partial charge in [-0.05, 0) is 12.8 Å². The van der Waals surface area contributed by atoms with Crippen molar-refractivity contribution in [3.8, 4) is 0 Å². The van der Waals surface area contributed by atoms with Gasteiger partial charge in [-0.3, -0.25) is 0 Å². The summed E-state index contributed by atoms with van der Waals surface area (Å²) in [5, 5.41) is 14.7. The van der Waals surface area contributed by atoms with E-state index in [4.69, 9.17) is 0 Å². The summed E-state index contributed by atoms with van der Waals surface area (Å²) < 4.78 is 22.8. The lowest BCUT2D eigenvalue weighted by Crippen LogP contribution is -2.46. The number of sulfone groups is 1. The van der Waals surface area contributed by atoms with E-state index in [1.807, 2.05) is 6.20 Å². The molecule has 1 aliphatic rings. The Labute approximate surface area is 130 Å². The van der Waals surface area contributed by atoms with Gasteiger partial charge < -0.3 is 10.4 Å². The van der Waals surface area contributed by atoms with Crippen molar-refractivity contribution in [2.75, 3.05) is 18.1 Å². The van der Waals surface area contributed by atoms with Crippen LogP contribution in [-0.4, -0.2) is 42.2 Å². The quantitative estimate of drug-likeness (QED) is 0.873. The van der Waals surface area contributed by atoms with Crippen molar-refractivity contribution in [1.29, 1.82) is 0 Å². The molecule has 2 N–H and O–H groups in total. The second kappa shape index (κ2) is 5.95. The van der Waals surface area contributed by atoms with Gasteiger partial charge in [0.05, 0.1) is 22.1 Å². The van der Waals surface area contributed by atoms with Gasteiger partial charge in [0.2, 0.25) is 0 Å². The zero-order chi connectivity index (χ0) is 15.7. The van der Waals surface area contributed by atoms with E-state index in [0.29, 0.717) is 25.9 Å². The molecule has 120 valence electrons. The maximum atomic E-state index is 11.4. The van der Waals surface area contributed by atoms with E-state index >= 15 is 0 Å². The number of hydrogen-bond donors (Lipinski definition) is 2. The van der Waals surface area contributed by atoms with E-state index in [2.05, 4.69) is 31.1 Å². The van der Waals surface area contributed by atoms with E-state index in [0.717, 1.165) is 9.88 Å². The molecule has 0 radical (unpaired) electrons. The third-order valence-corrected chi connectivity index (χ3v) is 6.78. The Bertz CT molecular complexity index is 574. The first-order chi connectivity index (χ1) is 9.60. The summed E-state index contributed by atoms with van der Waals surface area (Å²) in [6.07, 6.45) is 2.50. The SMILES string of the molecule is CC(C)(C)c1ncc(CNCC2(O)CCS(=O)(=O)CC2)s1. The van der Waals surface area contributed by atoms with Crippen LogP contribution in [0.5, 0.6) is 0 Å². The van der Waals surface area contributed by atoms with Gasteiger partial charge in [0.25, 0.3) is 0 Å². The highest BCUT2D eigenvalue weighted by atomic mass is 32.2. The lowest BCUT2D eigenvalue weighted by atomic mass is 9.97. The number of aromatic nitrogens is 1. The van der Waals surface area contributed by atoms with Crippen molar-refractivity contribution < 1.29 is 13.5 Å². The zero-order valence-corrected chi connectivity index (χ0v) is 14.5. The lowest BCUT2D eigenvalue weighted by molar-refractivity contribution is 0.0304. The molecular formula is C14H24N2O3S2. The molecule has 5 nitrogen and oxygen atoms in total. The average molecular weight is 332 g/mol. The van der Waals surface area contributed by atoms with Crippen molar-refractivity contribution in [2.45, 2.75) is 51.2 Å². The molecule has 7 heteroatoms. The van der Waals surface area contributed by atoms with Gasteiger partial charge in [0, 0.05) is 29.6 Å². The fourth-order valence-corrected chi connectivity index (χ4v) is 4.77. The Morgan fingerprint density at radius 3 is 2.52 bits per heavy atom. The molecule has 1 aromatic rings. The minimum Gasteiger partial charge on any atom is -0.388 e. The highest BCUT2D eigenvalue weighted by Crippen LogP contribution is 2.27. The van der Waals surface area contributed by atoms with Crippen LogP contribution in [0, 0.1) is 0 Å². The summed E-state index contributed by atoms with van der Waals surface area (Å²) >= 11 is 1.67. The first kappa shape index (κ1) is 16.9. The first-order valence-corrected chi connectivity index (χ1v) is 9.82. The summed E-state index contributed by atoms with van der Waals surface area (Å²) in [5.74, 6) is 0.166. The van der Waals surface area contributed by atoms with Crippen LogP contribution in [0.4, 0.5) is 0 Å². The lowest BCUT2D eigenvalue weighted by Gasteiger charge is -2.32. The second-order valence-electron chi connectivity index (χ2n) is 6.86. The molecule has 21 heavy (non-hydrogen) atoms. The van der Waals surface area contributed by atoms with Crippen LogP contribution < -0.4 is 5.32 Å². The third-order valence-electron chi connectivity index (χ3n) is 3.71. The molecule has 1 aliphatic heterocycles. The number of aliphatic hydroxyl groups is 1. The molecule has 0 bridgehead atoms. The number of hydrogen-bond acceptors (Lipinski definition) is 6. The molecule has 0 unspecified atom stereocenters. The molecule has 0 amide bonds. The van der Waals surface area contributed by atoms with Gasteiger partial charge in [0.1, 0.15) is 0 Å². The maximum Gasteiger partial charge on any atom is 0.150 e. The van der Waals surface area contributed by atoms with Crippen molar-refractivity contribution in [3.05, 3.63) is 16.1 Å². The van der Waals surface area contributed by atoms with Crippen LogP contribution in [0.15, 0.2) is 6.20 Å². The minimum atomic E-state index is -2.94. The topological polar surface area (TPSA) is 79.3 Å². The first-order valence-electron chi connectivity index (χ1n) is 7.18. The predicted octanol–water partition coefficient (Wildman–Crippen LogP) is 1.47. The second-order valence-corrected chi connectivity index (χ2v) is 10.3. The molecule has 1 aromatic heterocycles. The van der Waals surface area contributed by atoms with E-state index in [-0.39, 0.29) is 16.9 Å². The Kier molecular flexibility index (Phi) is 4.78. The molecule has 2 rings (SSSR count). The van der Waals surface area contributed by atoms with Gasteiger partial charge >= 0.3 is 0 Å². The third kappa shape index (κ3) is 4.74. The normalized spacial score (nSPS) is 21.3. The largest absolute Gasteiger partial charge is 0.388 e. The van der Waals surface area contributed by atoms with Gasteiger partial charge in [0.15, 0.2) is 9.84 Å². The molecule has 0 saturated carbocycles. The van der Waals surface area contributed by atoms with E-state index in [9.17, 15) is 13.5 Å². The molecule has 0 aliphatic carbocycles. The average Bonchev–Trinajstić information content (AvgIpc) is 2.83. The highest BCUT2D eigenvalue weighted by Gasteiger charge is 2.34. The Balaban J connectivity index is 1.83. The molecule has 0 aromatic carbocycles. The molecule has 1 saturated heterocycles. The van der Waals surface area contributed by atoms with Crippen molar-refractivity contribution in [2.24, 2.45) is 0 Å². The van der Waals surface area contributed by atoms with E-state index < -0.39 is 15.4 Å². The summed E-state index contributed by atoms with van der Waals surface area (Å²) in [4.78, 5) is 5.56. The van der Waals surface area contributed by atoms with Crippen LogP contribution in [0.3, 0.4) is 0 Å². The van der Waals surface area contributed by atoms with Crippen LogP contribution in [0.2, 0.25) is 0 Å². The van der Waals surface area contributed by atoms with Crippen LogP contribution >= 0.6 is 11.3 Å². The van der Waals surface area contributed by atoms with E-state index in [1.165, 1.54) is 0 Å². The number of nitrogens with one attached hydrogen (secondary N) is 1. The summed E-state index contributed by atoms with van der Waals surface area (Å²) in [7, 11) is -2.94. The predicted molar refractivity (Wildman–Crippen MR) is 85.4 cm³/mol. The van der Waals surface area contributed by atoms with Gasteiger partial charge in [-0.15, -0.1) is 11.3 Å². The van der Waals surface area contributed by atoms with Crippen LogP contribution in [-0.2, 0) is 21.8 Å². The Morgan fingerprint density at radius 1 is 1.38 bits per heavy atom. The molecule has 0 atom stereocenters. The number of thiazole rings is 1. The van der Waals surface area contributed by atoms with Gasteiger partial charge in [-0.1, -0.05) is 20.8 Å². The van der Waals surface area contributed by atoms with Crippen molar-refractivity contribution in [3.63, 3.8) is 0 Å². The molecule has 1 fully saturated rings. The van der Waals surface area contributed by atoms with E-state index in [1.54, 1.807) is 11.3 Å². The maximum absolute atomic E-state index is 11.4. The highest BCUT2D eigenvalue weighted by molar-refractivity contribution is 7.91. The standard InChI is InChI=1S/C14H24N2O3S2/c1-13(2,3)12-16-9-11(20-12)8-15-10-14(17)4-6-21(18,19)7-5-14/h9,15,17H,4-8,10H2,1-3H3. The summed E-state index contributed by atoms with van der Waals surface area (Å²) in [6, 6.07) is 0. The minimum absolute atomic E-state index is 0.0544. The van der Waals surface area contributed by atoms with Gasteiger partial charge in [-0.2, -0.15) is 0 Å². The monoisotopic (exact) mass is 332 g/mol. The fraction of sp³-hybridized carbons (Fsp3) is 0.786. The van der Waals surface area contributed by atoms with Crippen molar-refractivity contribution >= 4 is 21.2 Å². The Hall–Kier alpha value is -0.500. The number of rotatable bonds is 4. The smallest absolute Gasteiger partial charge is 0.150 e. The molecule has 0 spiro atoms. The summed E-state index contributed by atoms with van der Waals surface area (Å²) in [5.41, 5.74) is -0.846. The van der Waals surface area contributed by atoms with Crippen LogP contribution in [0.25, 0.3) is 0 Å².